The molecule has 6 heteroatoms. The summed E-state index contributed by atoms with van der Waals surface area (Å²) in [5, 5.41) is 3.10. The Kier molecular flexibility index (Phi) is 6.37. The highest BCUT2D eigenvalue weighted by Crippen LogP contribution is 2.32. The first-order valence-electron chi connectivity index (χ1n) is 9.94. The fourth-order valence-electron chi connectivity index (χ4n) is 4.09. The predicted octanol–water partition coefficient (Wildman–Crippen LogP) is 2.28. The highest BCUT2D eigenvalue weighted by Gasteiger charge is 2.36. The summed E-state index contributed by atoms with van der Waals surface area (Å²) >= 11 is 0. The average Bonchev–Trinajstić information content (AvgIpc) is 3.07. The van der Waals surface area contributed by atoms with Gasteiger partial charge in [-0.1, -0.05) is 12.1 Å². The van der Waals surface area contributed by atoms with Crippen molar-refractivity contribution < 1.29 is 14.3 Å². The minimum absolute atomic E-state index is 0.0116. The number of hydrogen-bond donors (Lipinski definition) is 1. The van der Waals surface area contributed by atoms with Crippen LogP contribution in [0.1, 0.15) is 33.1 Å². The van der Waals surface area contributed by atoms with E-state index in [-0.39, 0.29) is 24.2 Å². The maximum Gasteiger partial charge on any atom is 0.227 e. The third-order valence-electron chi connectivity index (χ3n) is 5.72. The van der Waals surface area contributed by atoms with E-state index < -0.39 is 0 Å². The Bertz CT molecular complexity index is 676. The summed E-state index contributed by atoms with van der Waals surface area (Å²) in [5.41, 5.74) is 0.736. The van der Waals surface area contributed by atoms with E-state index in [2.05, 4.69) is 24.1 Å². The zero-order chi connectivity index (χ0) is 19.4. The van der Waals surface area contributed by atoms with Crippen LogP contribution in [0.2, 0.25) is 0 Å². The molecule has 0 aliphatic carbocycles. The number of likely N-dealkylation sites (tertiary alicyclic amines) is 1. The van der Waals surface area contributed by atoms with E-state index in [0.717, 1.165) is 25.2 Å². The Morgan fingerprint density at radius 2 is 2.07 bits per heavy atom. The van der Waals surface area contributed by atoms with Gasteiger partial charge in [0, 0.05) is 32.1 Å². The third kappa shape index (κ3) is 4.61. The second-order valence-electron chi connectivity index (χ2n) is 7.92. The molecular formula is C21H31N3O3. The maximum absolute atomic E-state index is 12.6. The van der Waals surface area contributed by atoms with E-state index in [0.29, 0.717) is 30.8 Å². The van der Waals surface area contributed by atoms with Crippen molar-refractivity contribution in [3.8, 4) is 5.75 Å². The molecule has 1 N–H and O–H groups in total. The van der Waals surface area contributed by atoms with Crippen molar-refractivity contribution in [2.75, 3.05) is 38.2 Å². The fourth-order valence-corrected chi connectivity index (χ4v) is 4.09. The molecule has 2 atom stereocenters. The lowest BCUT2D eigenvalue weighted by molar-refractivity contribution is -0.126. The van der Waals surface area contributed by atoms with Crippen LogP contribution in [0.25, 0.3) is 0 Å². The molecule has 0 spiro atoms. The molecule has 0 bridgehead atoms. The molecule has 0 unspecified atom stereocenters. The number of anilines is 1. The van der Waals surface area contributed by atoms with Crippen molar-refractivity contribution in [1.29, 1.82) is 0 Å². The van der Waals surface area contributed by atoms with Crippen molar-refractivity contribution in [3.05, 3.63) is 24.3 Å². The van der Waals surface area contributed by atoms with Gasteiger partial charge in [0.05, 0.1) is 18.7 Å². The first-order valence-corrected chi connectivity index (χ1v) is 9.94. The van der Waals surface area contributed by atoms with Gasteiger partial charge in [-0.05, 0) is 51.3 Å². The SMILES string of the molecule is COc1ccccc1N1C[C@H](C(=O)NC[C@H]2CCCN(C(C)C)C2)CC1=O. The van der Waals surface area contributed by atoms with E-state index in [4.69, 9.17) is 4.74 Å². The minimum atomic E-state index is -0.299. The molecule has 3 rings (SSSR count). The monoisotopic (exact) mass is 373 g/mol. The van der Waals surface area contributed by atoms with Gasteiger partial charge in [-0.15, -0.1) is 0 Å². The number of ether oxygens (including phenoxy) is 1. The Morgan fingerprint density at radius 3 is 2.81 bits per heavy atom. The van der Waals surface area contributed by atoms with Crippen LogP contribution < -0.4 is 15.0 Å². The number of methoxy groups -OCH3 is 1. The molecule has 2 saturated heterocycles. The van der Waals surface area contributed by atoms with E-state index in [1.807, 2.05) is 24.3 Å². The molecule has 2 aliphatic rings. The van der Waals surface area contributed by atoms with Gasteiger partial charge in [-0.25, -0.2) is 0 Å². The number of amides is 2. The van der Waals surface area contributed by atoms with Crippen molar-refractivity contribution >= 4 is 17.5 Å². The Balaban J connectivity index is 1.55. The van der Waals surface area contributed by atoms with Gasteiger partial charge in [0.15, 0.2) is 0 Å². The van der Waals surface area contributed by atoms with Gasteiger partial charge in [0.2, 0.25) is 11.8 Å². The van der Waals surface area contributed by atoms with E-state index in [1.165, 1.54) is 6.42 Å². The zero-order valence-corrected chi connectivity index (χ0v) is 16.6. The summed E-state index contributed by atoms with van der Waals surface area (Å²) < 4.78 is 5.36. The summed E-state index contributed by atoms with van der Waals surface area (Å²) in [6.45, 7) is 7.73. The van der Waals surface area contributed by atoms with Gasteiger partial charge in [-0.2, -0.15) is 0 Å². The van der Waals surface area contributed by atoms with Crippen LogP contribution in [0.5, 0.6) is 5.75 Å². The number of hydrogen-bond acceptors (Lipinski definition) is 4. The van der Waals surface area contributed by atoms with Crippen molar-refractivity contribution in [1.82, 2.24) is 10.2 Å². The lowest BCUT2D eigenvalue weighted by Gasteiger charge is -2.35. The van der Waals surface area contributed by atoms with Crippen molar-refractivity contribution in [2.45, 2.75) is 39.2 Å². The third-order valence-corrected chi connectivity index (χ3v) is 5.72. The number of nitrogens with one attached hydrogen (secondary N) is 1. The Hall–Kier alpha value is -2.08. The largest absolute Gasteiger partial charge is 0.495 e. The summed E-state index contributed by atoms with van der Waals surface area (Å²) in [4.78, 5) is 29.3. The minimum Gasteiger partial charge on any atom is -0.495 e. The molecule has 27 heavy (non-hydrogen) atoms. The number of para-hydroxylation sites is 2. The van der Waals surface area contributed by atoms with Gasteiger partial charge in [0.25, 0.3) is 0 Å². The Labute approximate surface area is 161 Å². The van der Waals surface area contributed by atoms with Crippen LogP contribution in [-0.2, 0) is 9.59 Å². The summed E-state index contributed by atoms with van der Waals surface area (Å²) in [6, 6.07) is 7.99. The lowest BCUT2D eigenvalue weighted by atomic mass is 9.96. The molecule has 0 aromatic heterocycles. The van der Waals surface area contributed by atoms with E-state index in [1.54, 1.807) is 12.0 Å². The summed E-state index contributed by atoms with van der Waals surface area (Å²) in [6.07, 6.45) is 2.59. The molecule has 2 fully saturated rings. The molecule has 2 amide bonds. The smallest absolute Gasteiger partial charge is 0.227 e. The van der Waals surface area contributed by atoms with E-state index >= 15 is 0 Å². The number of benzene rings is 1. The van der Waals surface area contributed by atoms with E-state index in [9.17, 15) is 9.59 Å². The highest BCUT2D eigenvalue weighted by atomic mass is 16.5. The van der Waals surface area contributed by atoms with Gasteiger partial charge in [-0.3, -0.25) is 9.59 Å². The molecule has 0 radical (unpaired) electrons. The zero-order valence-electron chi connectivity index (χ0n) is 16.6. The van der Waals surface area contributed by atoms with Crippen LogP contribution in [0.15, 0.2) is 24.3 Å². The normalized spacial score (nSPS) is 23.7. The molecule has 148 valence electrons. The number of piperidine rings is 1. The quantitative estimate of drug-likeness (QED) is 0.831. The molecule has 2 aliphatic heterocycles. The molecule has 6 nitrogen and oxygen atoms in total. The van der Waals surface area contributed by atoms with Crippen LogP contribution in [0.4, 0.5) is 5.69 Å². The van der Waals surface area contributed by atoms with Gasteiger partial charge < -0.3 is 19.9 Å². The summed E-state index contributed by atoms with van der Waals surface area (Å²) in [7, 11) is 1.59. The van der Waals surface area contributed by atoms with Crippen molar-refractivity contribution in [2.24, 2.45) is 11.8 Å². The van der Waals surface area contributed by atoms with Gasteiger partial charge >= 0.3 is 0 Å². The highest BCUT2D eigenvalue weighted by molar-refractivity contribution is 6.01. The van der Waals surface area contributed by atoms with Gasteiger partial charge in [0.1, 0.15) is 5.75 Å². The number of nitrogens with zero attached hydrogens (tertiary/aromatic N) is 2. The van der Waals surface area contributed by atoms with Crippen LogP contribution in [0, 0.1) is 11.8 Å². The first kappa shape index (κ1) is 19.7. The average molecular weight is 373 g/mol. The first-order chi connectivity index (χ1) is 13.0. The fraction of sp³-hybridized carbons (Fsp3) is 0.619. The number of carbonyl (C=O) groups is 2. The van der Waals surface area contributed by atoms with Crippen LogP contribution in [-0.4, -0.2) is 56.0 Å². The molecule has 0 saturated carbocycles. The maximum atomic E-state index is 12.6. The van der Waals surface area contributed by atoms with Crippen molar-refractivity contribution in [3.63, 3.8) is 0 Å². The molecule has 2 heterocycles. The molecule has 1 aromatic rings. The second-order valence-corrected chi connectivity index (χ2v) is 7.92. The Morgan fingerprint density at radius 1 is 1.30 bits per heavy atom. The number of rotatable bonds is 6. The summed E-state index contributed by atoms with van der Waals surface area (Å²) in [5.74, 6) is 0.813. The standard InChI is InChI=1S/C21H31N3O3/c1-15(2)23-10-6-7-16(13-23)12-22-21(26)17-11-20(25)24(14-17)18-8-4-5-9-19(18)27-3/h4-5,8-9,15-17H,6-7,10-14H2,1-3H3,(H,22,26)/t16-,17-/m1/s1. The second kappa shape index (κ2) is 8.74. The van der Waals surface area contributed by atoms with Crippen LogP contribution >= 0.6 is 0 Å². The topological polar surface area (TPSA) is 61.9 Å². The number of carbonyl (C=O) groups excluding carboxylic acids is 2. The lowest BCUT2D eigenvalue weighted by Crippen LogP contribution is -2.44. The molecular weight excluding hydrogens is 342 g/mol. The van der Waals surface area contributed by atoms with Crippen LogP contribution in [0.3, 0.4) is 0 Å². The predicted molar refractivity (Wildman–Crippen MR) is 106 cm³/mol. The molecule has 1 aromatic carbocycles.